The molecular weight excluding hydrogens is 314 g/mol. The Hall–Kier alpha value is -1.59. The lowest BCUT2D eigenvalue weighted by molar-refractivity contribution is 0.0513. The number of carbonyl (C=O) groups is 1. The normalized spacial score (nSPS) is 18.2. The van der Waals surface area contributed by atoms with Gasteiger partial charge >= 0.3 is 6.03 Å². The molecule has 1 aliphatic rings. The van der Waals surface area contributed by atoms with Crippen LogP contribution in [0.1, 0.15) is 31.7 Å². The predicted octanol–water partition coefficient (Wildman–Crippen LogP) is 2.35. The smallest absolute Gasteiger partial charge is 0.317 e. The second kappa shape index (κ2) is 9.20. The quantitative estimate of drug-likeness (QED) is 0.796. The molecule has 0 aliphatic carbocycles. The minimum absolute atomic E-state index is 0.00383. The van der Waals surface area contributed by atoms with Gasteiger partial charge in [0.2, 0.25) is 0 Å². The Morgan fingerprint density at radius 1 is 1.28 bits per heavy atom. The van der Waals surface area contributed by atoms with E-state index in [0.717, 1.165) is 45.3 Å². The van der Waals surface area contributed by atoms with E-state index in [-0.39, 0.29) is 24.1 Å². The first-order valence-electron chi connectivity index (χ1n) is 9.33. The zero-order valence-corrected chi connectivity index (χ0v) is 15.9. The van der Waals surface area contributed by atoms with E-state index in [2.05, 4.69) is 29.3 Å². The van der Waals surface area contributed by atoms with Crippen LogP contribution in [-0.4, -0.2) is 67.3 Å². The van der Waals surface area contributed by atoms with Crippen LogP contribution in [0.3, 0.4) is 0 Å². The molecule has 1 aromatic carbocycles. The van der Waals surface area contributed by atoms with Crippen LogP contribution in [0.5, 0.6) is 0 Å². The van der Waals surface area contributed by atoms with Gasteiger partial charge in [0.1, 0.15) is 0 Å². The largest absolute Gasteiger partial charge is 0.396 e. The number of aliphatic hydroxyl groups is 1. The summed E-state index contributed by atoms with van der Waals surface area (Å²) < 4.78 is 0. The maximum atomic E-state index is 12.7. The highest BCUT2D eigenvalue weighted by Gasteiger charge is 2.34. The molecule has 2 rings (SSSR count). The van der Waals surface area contributed by atoms with E-state index in [1.54, 1.807) is 0 Å². The number of piperidine rings is 1. The van der Waals surface area contributed by atoms with Crippen molar-refractivity contribution in [2.45, 2.75) is 38.6 Å². The standard InChI is InChI=1S/C20H33N3O2/c1-4-20(16-24)10-12-23(13-11-20)19(25)21-18(15-22(2)3)14-17-8-6-5-7-9-17/h5-9,18,24H,4,10-16H2,1-3H3,(H,21,25). The Morgan fingerprint density at radius 2 is 1.92 bits per heavy atom. The molecule has 140 valence electrons. The number of aliphatic hydroxyl groups excluding tert-OH is 1. The van der Waals surface area contributed by atoms with Crippen molar-refractivity contribution in [1.82, 2.24) is 15.1 Å². The number of nitrogens with zero attached hydrogens (tertiary/aromatic N) is 2. The van der Waals surface area contributed by atoms with Crippen molar-refractivity contribution in [1.29, 1.82) is 0 Å². The lowest BCUT2D eigenvalue weighted by Crippen LogP contribution is -2.52. The van der Waals surface area contributed by atoms with Crippen molar-refractivity contribution in [2.75, 3.05) is 40.3 Å². The molecule has 0 aromatic heterocycles. The lowest BCUT2D eigenvalue weighted by atomic mass is 9.77. The molecule has 1 aromatic rings. The van der Waals surface area contributed by atoms with Gasteiger partial charge in [0.15, 0.2) is 0 Å². The molecule has 0 spiro atoms. The first-order chi connectivity index (χ1) is 12.0. The molecule has 0 saturated carbocycles. The number of hydrogen-bond donors (Lipinski definition) is 2. The topological polar surface area (TPSA) is 55.8 Å². The van der Waals surface area contributed by atoms with Crippen LogP contribution in [-0.2, 0) is 6.42 Å². The average Bonchev–Trinajstić information content (AvgIpc) is 2.62. The summed E-state index contributed by atoms with van der Waals surface area (Å²) in [6.45, 7) is 4.60. The van der Waals surface area contributed by atoms with Crippen molar-refractivity contribution >= 4 is 6.03 Å². The fourth-order valence-corrected chi connectivity index (χ4v) is 3.57. The first kappa shape index (κ1) is 19.7. The molecule has 5 nitrogen and oxygen atoms in total. The number of hydrogen-bond acceptors (Lipinski definition) is 3. The molecule has 0 radical (unpaired) electrons. The number of nitrogens with one attached hydrogen (secondary N) is 1. The zero-order valence-electron chi connectivity index (χ0n) is 15.9. The van der Waals surface area contributed by atoms with Crippen molar-refractivity contribution in [3.63, 3.8) is 0 Å². The summed E-state index contributed by atoms with van der Waals surface area (Å²) in [5, 5.41) is 12.9. The number of carbonyl (C=O) groups excluding carboxylic acids is 1. The minimum Gasteiger partial charge on any atom is -0.396 e. The Balaban J connectivity index is 1.93. The molecule has 2 N–H and O–H groups in total. The lowest BCUT2D eigenvalue weighted by Gasteiger charge is -2.40. The van der Waals surface area contributed by atoms with Crippen molar-refractivity contribution in [2.24, 2.45) is 5.41 Å². The van der Waals surface area contributed by atoms with Crippen LogP contribution >= 0.6 is 0 Å². The van der Waals surface area contributed by atoms with Gasteiger partial charge in [-0.2, -0.15) is 0 Å². The van der Waals surface area contributed by atoms with Gasteiger partial charge in [0.05, 0.1) is 0 Å². The fourth-order valence-electron chi connectivity index (χ4n) is 3.57. The Labute approximate surface area is 152 Å². The third-order valence-corrected chi connectivity index (χ3v) is 5.43. The zero-order chi connectivity index (χ0) is 18.3. The average molecular weight is 348 g/mol. The first-order valence-corrected chi connectivity index (χ1v) is 9.33. The summed E-state index contributed by atoms with van der Waals surface area (Å²) in [5.74, 6) is 0. The van der Waals surface area contributed by atoms with Gasteiger partial charge in [-0.05, 0) is 50.8 Å². The summed E-state index contributed by atoms with van der Waals surface area (Å²) in [7, 11) is 4.06. The molecule has 1 saturated heterocycles. The van der Waals surface area contributed by atoms with Gasteiger partial charge in [0, 0.05) is 32.3 Å². The van der Waals surface area contributed by atoms with Crippen LogP contribution < -0.4 is 5.32 Å². The van der Waals surface area contributed by atoms with Gasteiger partial charge in [0.25, 0.3) is 0 Å². The molecule has 1 fully saturated rings. The Kier molecular flexibility index (Phi) is 7.26. The van der Waals surface area contributed by atoms with E-state index in [9.17, 15) is 9.90 Å². The Morgan fingerprint density at radius 3 is 2.44 bits per heavy atom. The van der Waals surface area contributed by atoms with E-state index in [0.29, 0.717) is 0 Å². The van der Waals surface area contributed by atoms with E-state index < -0.39 is 0 Å². The second-order valence-electron chi connectivity index (χ2n) is 7.60. The SMILES string of the molecule is CCC1(CO)CCN(C(=O)NC(Cc2ccccc2)CN(C)C)CC1. The minimum atomic E-state index is 0.00383. The van der Waals surface area contributed by atoms with Gasteiger partial charge in [-0.15, -0.1) is 0 Å². The molecule has 2 amide bonds. The Bertz CT molecular complexity index is 519. The highest BCUT2D eigenvalue weighted by molar-refractivity contribution is 5.74. The van der Waals surface area contributed by atoms with E-state index in [4.69, 9.17) is 0 Å². The van der Waals surface area contributed by atoms with Crippen LogP contribution in [0.15, 0.2) is 30.3 Å². The van der Waals surface area contributed by atoms with Gasteiger partial charge < -0.3 is 20.2 Å². The van der Waals surface area contributed by atoms with E-state index in [1.165, 1.54) is 5.56 Å². The van der Waals surface area contributed by atoms with Crippen LogP contribution in [0.25, 0.3) is 0 Å². The van der Waals surface area contributed by atoms with Crippen LogP contribution in [0.2, 0.25) is 0 Å². The fraction of sp³-hybridized carbons (Fsp3) is 0.650. The van der Waals surface area contributed by atoms with Crippen LogP contribution in [0, 0.1) is 5.41 Å². The summed E-state index contributed by atoms with van der Waals surface area (Å²) >= 11 is 0. The number of benzene rings is 1. The summed E-state index contributed by atoms with van der Waals surface area (Å²) in [4.78, 5) is 16.7. The molecule has 5 heteroatoms. The molecule has 1 atom stereocenters. The van der Waals surface area contributed by atoms with E-state index >= 15 is 0 Å². The van der Waals surface area contributed by atoms with Crippen LogP contribution in [0.4, 0.5) is 4.79 Å². The van der Waals surface area contributed by atoms with Gasteiger partial charge in [-0.3, -0.25) is 0 Å². The van der Waals surface area contributed by atoms with Crippen molar-refractivity contribution < 1.29 is 9.90 Å². The molecule has 1 heterocycles. The maximum absolute atomic E-state index is 12.7. The monoisotopic (exact) mass is 347 g/mol. The number of rotatable bonds is 7. The number of likely N-dealkylation sites (N-methyl/N-ethyl adjacent to an activating group) is 1. The highest BCUT2D eigenvalue weighted by atomic mass is 16.3. The molecule has 0 bridgehead atoms. The predicted molar refractivity (Wildman–Crippen MR) is 102 cm³/mol. The number of likely N-dealkylation sites (tertiary alicyclic amines) is 1. The maximum Gasteiger partial charge on any atom is 0.317 e. The molecular formula is C20H33N3O2. The second-order valence-corrected chi connectivity index (χ2v) is 7.60. The summed E-state index contributed by atoms with van der Waals surface area (Å²) in [5.41, 5.74) is 1.24. The summed E-state index contributed by atoms with van der Waals surface area (Å²) in [6.07, 6.45) is 3.55. The number of urea groups is 1. The van der Waals surface area contributed by atoms with Gasteiger partial charge in [-0.25, -0.2) is 4.79 Å². The van der Waals surface area contributed by atoms with Crippen molar-refractivity contribution in [3.05, 3.63) is 35.9 Å². The molecule has 25 heavy (non-hydrogen) atoms. The third-order valence-electron chi connectivity index (χ3n) is 5.43. The van der Waals surface area contributed by atoms with Crippen molar-refractivity contribution in [3.8, 4) is 0 Å². The van der Waals surface area contributed by atoms with E-state index in [1.807, 2.05) is 37.2 Å². The van der Waals surface area contributed by atoms with Gasteiger partial charge in [-0.1, -0.05) is 37.3 Å². The highest BCUT2D eigenvalue weighted by Crippen LogP contribution is 2.34. The number of amides is 2. The summed E-state index contributed by atoms with van der Waals surface area (Å²) in [6, 6.07) is 10.4. The molecule has 1 aliphatic heterocycles. The molecule has 1 unspecified atom stereocenters. The third kappa shape index (κ3) is 5.72.